The van der Waals surface area contributed by atoms with E-state index in [0.29, 0.717) is 51.5 Å². The fourth-order valence-electron chi connectivity index (χ4n) is 4.85. The van der Waals surface area contributed by atoms with Crippen molar-refractivity contribution in [3.05, 3.63) is 89.5 Å². The molecule has 200 valence electrons. The molecule has 3 aromatic rings. The van der Waals surface area contributed by atoms with Crippen LogP contribution in [0.5, 0.6) is 0 Å². The Morgan fingerprint density at radius 3 is 2.24 bits per heavy atom. The molecule has 1 aliphatic rings. The van der Waals surface area contributed by atoms with Crippen LogP contribution in [0.25, 0.3) is 0 Å². The second-order valence-electron chi connectivity index (χ2n) is 10.6. The van der Waals surface area contributed by atoms with E-state index in [9.17, 15) is 13.8 Å². The highest BCUT2D eigenvalue weighted by Crippen LogP contribution is 2.36. The molecule has 4 rings (SSSR count). The Labute approximate surface area is 228 Å². The van der Waals surface area contributed by atoms with E-state index in [2.05, 4.69) is 37.9 Å². The molecule has 1 atom stereocenters. The van der Waals surface area contributed by atoms with Gasteiger partial charge in [0.25, 0.3) is 11.8 Å². The minimum atomic E-state index is -1.55. The molecule has 0 radical (unpaired) electrons. The Balaban J connectivity index is 1.61. The number of fused-ring (bicyclic) bond motifs is 2. The zero-order valence-electron chi connectivity index (χ0n) is 22.6. The molecule has 0 spiro atoms. The Hall–Kier alpha value is -3.29. The molecule has 7 heteroatoms. The third-order valence-electron chi connectivity index (χ3n) is 6.42. The summed E-state index contributed by atoms with van der Waals surface area (Å²) in [5.41, 5.74) is 2.31. The van der Waals surface area contributed by atoms with Crippen molar-refractivity contribution < 1.29 is 13.8 Å². The van der Waals surface area contributed by atoms with E-state index in [0.717, 1.165) is 25.2 Å². The van der Waals surface area contributed by atoms with Gasteiger partial charge in [0.05, 0.1) is 38.4 Å². The first kappa shape index (κ1) is 27.7. The first-order valence-electron chi connectivity index (χ1n) is 13.3. The van der Waals surface area contributed by atoms with Gasteiger partial charge in [-0.3, -0.25) is 9.59 Å². The summed E-state index contributed by atoms with van der Waals surface area (Å²) >= 11 is 0. The molecule has 2 amide bonds. The summed E-state index contributed by atoms with van der Waals surface area (Å²) in [6.07, 6.45) is 0. The quantitative estimate of drug-likeness (QED) is 0.383. The molecule has 0 fully saturated rings. The highest BCUT2D eigenvalue weighted by atomic mass is 32.2. The van der Waals surface area contributed by atoms with Crippen molar-refractivity contribution in [3.8, 4) is 0 Å². The molecule has 0 saturated carbocycles. The summed E-state index contributed by atoms with van der Waals surface area (Å²) in [4.78, 5) is 31.9. The number of hydrogen-bond acceptors (Lipinski definition) is 4. The number of carbonyl (C=O) groups excluding carboxylic acids is 2. The summed E-state index contributed by atoms with van der Waals surface area (Å²) in [6.45, 7) is 12.4. The van der Waals surface area contributed by atoms with Crippen molar-refractivity contribution in [1.29, 1.82) is 0 Å². The van der Waals surface area contributed by atoms with Crippen molar-refractivity contribution in [2.45, 2.75) is 44.0 Å². The van der Waals surface area contributed by atoms with Gasteiger partial charge in [0, 0.05) is 31.7 Å². The molecule has 0 bridgehead atoms. The summed E-state index contributed by atoms with van der Waals surface area (Å²) < 4.78 is 13.6. The van der Waals surface area contributed by atoms with E-state index in [1.54, 1.807) is 47.4 Å². The first-order valence-corrected chi connectivity index (χ1v) is 14.4. The fourth-order valence-corrected chi connectivity index (χ4v) is 6.19. The summed E-state index contributed by atoms with van der Waals surface area (Å²) in [5, 5.41) is 3.04. The van der Waals surface area contributed by atoms with Gasteiger partial charge in [-0.15, -0.1) is 0 Å². The van der Waals surface area contributed by atoms with E-state index in [1.807, 2.05) is 30.3 Å². The van der Waals surface area contributed by atoms with Crippen LogP contribution in [0, 0.1) is 11.8 Å². The highest BCUT2D eigenvalue weighted by Gasteiger charge is 2.31. The van der Waals surface area contributed by atoms with Crippen LogP contribution >= 0.6 is 0 Å². The van der Waals surface area contributed by atoms with E-state index >= 15 is 0 Å². The Bertz CT molecular complexity index is 1300. The van der Waals surface area contributed by atoms with Gasteiger partial charge in [-0.1, -0.05) is 70.2 Å². The number of amides is 2. The van der Waals surface area contributed by atoms with Crippen LogP contribution in [0.3, 0.4) is 0 Å². The fraction of sp³-hybridized carbons (Fsp3) is 0.355. The van der Waals surface area contributed by atoms with E-state index in [1.165, 1.54) is 0 Å². The molecule has 6 nitrogen and oxygen atoms in total. The largest absolute Gasteiger partial charge is 0.351 e. The van der Waals surface area contributed by atoms with Crippen LogP contribution in [-0.4, -0.2) is 47.1 Å². The monoisotopic (exact) mass is 531 g/mol. The van der Waals surface area contributed by atoms with Crippen molar-refractivity contribution >= 4 is 28.3 Å². The average molecular weight is 532 g/mol. The average Bonchev–Trinajstić information content (AvgIpc) is 2.98. The second kappa shape index (κ2) is 12.5. The highest BCUT2D eigenvalue weighted by molar-refractivity contribution is 7.85. The minimum absolute atomic E-state index is 0.207. The SMILES string of the molecule is CC(C)CN(CCNC(=O)c1ccc2c(c1)N(Cc1ccccc1)C(=O)c1ccccc1[S@]2=O)CC(C)C. The molecule has 1 heterocycles. The van der Waals surface area contributed by atoms with Crippen LogP contribution < -0.4 is 10.2 Å². The van der Waals surface area contributed by atoms with Gasteiger partial charge in [-0.2, -0.15) is 0 Å². The molecule has 1 N–H and O–H groups in total. The van der Waals surface area contributed by atoms with Gasteiger partial charge in [0.1, 0.15) is 0 Å². The van der Waals surface area contributed by atoms with E-state index in [-0.39, 0.29) is 11.8 Å². The van der Waals surface area contributed by atoms with Gasteiger partial charge in [-0.25, -0.2) is 4.21 Å². The molecule has 1 aliphatic heterocycles. The van der Waals surface area contributed by atoms with Crippen LogP contribution in [0.2, 0.25) is 0 Å². The van der Waals surface area contributed by atoms with E-state index < -0.39 is 10.8 Å². The molecule has 0 unspecified atom stereocenters. The zero-order valence-corrected chi connectivity index (χ0v) is 23.5. The van der Waals surface area contributed by atoms with Gasteiger partial charge >= 0.3 is 0 Å². The predicted molar refractivity (Wildman–Crippen MR) is 153 cm³/mol. The molecule has 3 aromatic carbocycles. The molecule has 0 aliphatic carbocycles. The molecule has 38 heavy (non-hydrogen) atoms. The van der Waals surface area contributed by atoms with Gasteiger partial charge in [0.15, 0.2) is 0 Å². The lowest BCUT2D eigenvalue weighted by Gasteiger charge is -2.26. The third-order valence-corrected chi connectivity index (χ3v) is 7.92. The van der Waals surface area contributed by atoms with Gasteiger partial charge < -0.3 is 15.1 Å². The molecular formula is C31H37N3O3S. The molecule has 0 saturated heterocycles. The number of hydrogen-bond donors (Lipinski definition) is 1. The maximum Gasteiger partial charge on any atom is 0.259 e. The normalized spacial score (nSPS) is 15.0. The number of carbonyl (C=O) groups is 2. The topological polar surface area (TPSA) is 69.7 Å². The molecule has 0 aromatic heterocycles. The maximum atomic E-state index is 13.7. The Kier molecular flexibility index (Phi) is 9.13. The summed E-state index contributed by atoms with van der Waals surface area (Å²) in [7, 11) is -1.55. The number of nitrogens with zero attached hydrogens (tertiary/aromatic N) is 2. The number of anilines is 1. The van der Waals surface area contributed by atoms with Crippen LogP contribution in [-0.2, 0) is 17.3 Å². The smallest absolute Gasteiger partial charge is 0.259 e. The Morgan fingerprint density at radius 1 is 0.895 bits per heavy atom. The number of rotatable bonds is 10. The van der Waals surface area contributed by atoms with Gasteiger partial charge in [0.2, 0.25) is 0 Å². The maximum absolute atomic E-state index is 13.7. The van der Waals surface area contributed by atoms with Gasteiger partial charge in [-0.05, 0) is 47.7 Å². The number of benzene rings is 3. The molecular weight excluding hydrogens is 494 g/mol. The van der Waals surface area contributed by atoms with Crippen LogP contribution in [0.1, 0.15) is 54.0 Å². The Morgan fingerprint density at radius 2 is 1.55 bits per heavy atom. The summed E-state index contributed by atoms with van der Waals surface area (Å²) in [5.74, 6) is 0.660. The minimum Gasteiger partial charge on any atom is -0.351 e. The van der Waals surface area contributed by atoms with Crippen LogP contribution in [0.15, 0.2) is 82.6 Å². The lowest BCUT2D eigenvalue weighted by molar-refractivity contribution is 0.0943. The predicted octanol–water partition coefficient (Wildman–Crippen LogP) is 5.36. The van der Waals surface area contributed by atoms with E-state index in [4.69, 9.17) is 0 Å². The summed E-state index contributed by atoms with van der Waals surface area (Å²) in [6, 6.07) is 21.8. The third kappa shape index (κ3) is 6.58. The van der Waals surface area contributed by atoms with Crippen molar-refractivity contribution in [1.82, 2.24) is 10.2 Å². The second-order valence-corrected chi connectivity index (χ2v) is 12.0. The van der Waals surface area contributed by atoms with Crippen molar-refractivity contribution in [2.75, 3.05) is 31.1 Å². The standard InChI is InChI=1S/C31H37N3O3S/c1-22(2)19-33(20-23(3)4)17-16-32-30(35)25-14-15-29-27(18-25)34(21-24-10-6-5-7-11-24)31(36)26-12-8-9-13-28(26)38(29)37/h5-15,18,22-23H,16-17,19-21H2,1-4H3,(H,32,35)/t38-/m1/s1. The van der Waals surface area contributed by atoms with Crippen molar-refractivity contribution in [3.63, 3.8) is 0 Å². The van der Waals surface area contributed by atoms with Crippen molar-refractivity contribution in [2.24, 2.45) is 11.8 Å². The zero-order chi connectivity index (χ0) is 27.2. The lowest BCUT2D eigenvalue weighted by Crippen LogP contribution is -2.38. The van der Waals surface area contributed by atoms with Crippen LogP contribution in [0.4, 0.5) is 5.69 Å². The lowest BCUT2D eigenvalue weighted by atomic mass is 10.1. The first-order chi connectivity index (χ1) is 18.2. The number of nitrogens with one attached hydrogen (secondary N) is 1.